The topological polar surface area (TPSA) is 48.3 Å². The smallest absolute Gasteiger partial charge is 0.124 e. The van der Waals surface area contributed by atoms with Gasteiger partial charge in [0.1, 0.15) is 5.75 Å². The molecular formula is C16H23N3O2. The Hall–Kier alpha value is -2.01. The molecule has 5 nitrogen and oxygen atoms in total. The number of nitrogens with one attached hydrogen (secondary N) is 1. The highest BCUT2D eigenvalue weighted by molar-refractivity contribution is 5.47. The van der Waals surface area contributed by atoms with Gasteiger partial charge in [-0.15, -0.1) is 0 Å². The lowest BCUT2D eigenvalue weighted by Gasteiger charge is -2.11. The van der Waals surface area contributed by atoms with E-state index in [9.17, 15) is 0 Å². The molecule has 21 heavy (non-hydrogen) atoms. The molecule has 0 saturated carbocycles. The van der Waals surface area contributed by atoms with Crippen molar-refractivity contribution in [1.82, 2.24) is 9.78 Å². The van der Waals surface area contributed by atoms with E-state index in [1.54, 1.807) is 14.2 Å². The van der Waals surface area contributed by atoms with Gasteiger partial charge >= 0.3 is 0 Å². The number of aryl methyl sites for hydroxylation is 2. The lowest BCUT2D eigenvalue weighted by Crippen LogP contribution is -2.02. The molecule has 1 aromatic heterocycles. The summed E-state index contributed by atoms with van der Waals surface area (Å²) in [6.45, 7) is 6.26. The Labute approximate surface area is 125 Å². The summed E-state index contributed by atoms with van der Waals surface area (Å²) in [6.07, 6.45) is 2.04. The highest BCUT2D eigenvalue weighted by Gasteiger charge is 2.06. The Morgan fingerprint density at radius 1 is 1.29 bits per heavy atom. The number of anilines is 1. The molecule has 0 amide bonds. The second kappa shape index (κ2) is 7.13. The zero-order valence-corrected chi connectivity index (χ0v) is 13.1. The maximum absolute atomic E-state index is 5.34. The van der Waals surface area contributed by atoms with E-state index in [-0.39, 0.29) is 0 Å². The van der Waals surface area contributed by atoms with Gasteiger partial charge in [0.25, 0.3) is 0 Å². The van der Waals surface area contributed by atoms with Crippen molar-refractivity contribution in [2.24, 2.45) is 0 Å². The Morgan fingerprint density at radius 3 is 2.71 bits per heavy atom. The molecule has 0 unspecified atom stereocenters. The fourth-order valence-corrected chi connectivity index (χ4v) is 2.26. The molecule has 0 aliphatic heterocycles. The van der Waals surface area contributed by atoms with E-state index in [0.29, 0.717) is 6.61 Å². The Balaban J connectivity index is 2.08. The van der Waals surface area contributed by atoms with Gasteiger partial charge in [-0.3, -0.25) is 4.68 Å². The molecule has 0 bridgehead atoms. The molecule has 1 heterocycles. The average Bonchev–Trinajstić information content (AvgIpc) is 2.86. The summed E-state index contributed by atoms with van der Waals surface area (Å²) in [4.78, 5) is 0. The first-order valence-corrected chi connectivity index (χ1v) is 7.10. The zero-order valence-electron chi connectivity index (χ0n) is 13.1. The summed E-state index contributed by atoms with van der Waals surface area (Å²) in [5.41, 5.74) is 4.33. The standard InChI is InChI=1S/C16H23N3O2/c1-5-19-10-15(12(2)18-19)17-9-13-6-7-16(21-4)14(8-13)11-20-3/h6-8,10,17H,5,9,11H2,1-4H3. The first kappa shape index (κ1) is 15.4. The predicted octanol–water partition coefficient (Wildman–Crippen LogP) is 2.98. The van der Waals surface area contributed by atoms with Crippen LogP contribution >= 0.6 is 0 Å². The van der Waals surface area contributed by atoms with Crippen molar-refractivity contribution >= 4 is 5.69 Å². The number of ether oxygens (including phenoxy) is 2. The average molecular weight is 289 g/mol. The SMILES string of the molecule is CCn1cc(NCc2ccc(OC)c(COC)c2)c(C)n1. The first-order valence-electron chi connectivity index (χ1n) is 7.10. The van der Waals surface area contributed by atoms with E-state index >= 15 is 0 Å². The van der Waals surface area contributed by atoms with Gasteiger partial charge in [-0.25, -0.2) is 0 Å². The summed E-state index contributed by atoms with van der Waals surface area (Å²) in [5.74, 6) is 0.857. The third-order valence-corrected chi connectivity index (χ3v) is 3.40. The van der Waals surface area contributed by atoms with Crippen molar-refractivity contribution in [1.29, 1.82) is 0 Å². The summed E-state index contributed by atoms with van der Waals surface area (Å²) < 4.78 is 12.5. The molecule has 0 atom stereocenters. The number of methoxy groups -OCH3 is 2. The maximum Gasteiger partial charge on any atom is 0.124 e. The second-order valence-electron chi connectivity index (χ2n) is 4.92. The van der Waals surface area contributed by atoms with Crippen LogP contribution in [0.1, 0.15) is 23.7 Å². The number of hydrogen-bond donors (Lipinski definition) is 1. The third-order valence-electron chi connectivity index (χ3n) is 3.40. The molecule has 114 valence electrons. The number of aromatic nitrogens is 2. The summed E-state index contributed by atoms with van der Waals surface area (Å²) in [5, 5.41) is 7.86. The summed E-state index contributed by atoms with van der Waals surface area (Å²) >= 11 is 0. The maximum atomic E-state index is 5.34. The van der Waals surface area contributed by atoms with Gasteiger partial charge in [-0.2, -0.15) is 5.10 Å². The van der Waals surface area contributed by atoms with E-state index in [1.165, 1.54) is 5.56 Å². The predicted molar refractivity (Wildman–Crippen MR) is 83.7 cm³/mol. The molecule has 2 aromatic rings. The third kappa shape index (κ3) is 3.76. The summed E-state index contributed by atoms with van der Waals surface area (Å²) in [7, 11) is 3.36. The molecule has 0 spiro atoms. The minimum Gasteiger partial charge on any atom is -0.496 e. The molecule has 1 N–H and O–H groups in total. The van der Waals surface area contributed by atoms with Crippen molar-refractivity contribution in [3.8, 4) is 5.75 Å². The van der Waals surface area contributed by atoms with Gasteiger partial charge in [0.05, 0.1) is 25.1 Å². The van der Waals surface area contributed by atoms with Gasteiger partial charge in [0, 0.05) is 32.0 Å². The minimum absolute atomic E-state index is 0.545. The monoisotopic (exact) mass is 289 g/mol. The van der Waals surface area contributed by atoms with Gasteiger partial charge in [0.15, 0.2) is 0 Å². The largest absolute Gasteiger partial charge is 0.496 e. The number of nitrogens with zero attached hydrogens (tertiary/aromatic N) is 2. The minimum atomic E-state index is 0.545. The van der Waals surface area contributed by atoms with Crippen LogP contribution in [0.15, 0.2) is 24.4 Å². The van der Waals surface area contributed by atoms with Gasteiger partial charge in [-0.05, 0) is 31.5 Å². The number of hydrogen-bond acceptors (Lipinski definition) is 4. The highest BCUT2D eigenvalue weighted by Crippen LogP contribution is 2.22. The van der Waals surface area contributed by atoms with Crippen LogP contribution in [0.2, 0.25) is 0 Å². The molecule has 0 fully saturated rings. The Morgan fingerprint density at radius 2 is 2.10 bits per heavy atom. The van der Waals surface area contributed by atoms with Crippen LogP contribution in [0, 0.1) is 6.92 Å². The molecule has 0 saturated heterocycles. The van der Waals surface area contributed by atoms with E-state index in [2.05, 4.69) is 29.5 Å². The van der Waals surface area contributed by atoms with Crippen molar-refractivity contribution in [3.63, 3.8) is 0 Å². The normalized spacial score (nSPS) is 10.7. The summed E-state index contributed by atoms with van der Waals surface area (Å²) in [6, 6.07) is 6.15. The van der Waals surface area contributed by atoms with Crippen LogP contribution in [0.4, 0.5) is 5.69 Å². The van der Waals surface area contributed by atoms with Gasteiger partial charge in [-0.1, -0.05) is 6.07 Å². The fraction of sp³-hybridized carbons (Fsp3) is 0.438. The van der Waals surface area contributed by atoms with Gasteiger partial charge < -0.3 is 14.8 Å². The van der Waals surface area contributed by atoms with Crippen LogP contribution in [-0.2, 0) is 24.4 Å². The quantitative estimate of drug-likeness (QED) is 0.851. The molecular weight excluding hydrogens is 266 g/mol. The van der Waals surface area contributed by atoms with Crippen LogP contribution in [0.5, 0.6) is 5.75 Å². The molecule has 2 rings (SSSR count). The highest BCUT2D eigenvalue weighted by atomic mass is 16.5. The van der Waals surface area contributed by atoms with Crippen molar-refractivity contribution in [3.05, 3.63) is 41.2 Å². The van der Waals surface area contributed by atoms with Crippen molar-refractivity contribution < 1.29 is 9.47 Å². The van der Waals surface area contributed by atoms with Crippen LogP contribution in [0.25, 0.3) is 0 Å². The van der Waals surface area contributed by atoms with E-state index < -0.39 is 0 Å². The molecule has 1 aromatic carbocycles. The Kier molecular flexibility index (Phi) is 5.22. The van der Waals surface area contributed by atoms with Crippen LogP contribution in [-0.4, -0.2) is 24.0 Å². The van der Waals surface area contributed by atoms with Crippen molar-refractivity contribution in [2.45, 2.75) is 33.5 Å². The van der Waals surface area contributed by atoms with Crippen LogP contribution < -0.4 is 10.1 Å². The Bertz CT molecular complexity index is 593. The van der Waals surface area contributed by atoms with Gasteiger partial charge in [0.2, 0.25) is 0 Å². The van der Waals surface area contributed by atoms with E-state index in [1.807, 2.05) is 23.9 Å². The molecule has 0 aliphatic carbocycles. The molecule has 5 heteroatoms. The van der Waals surface area contributed by atoms with E-state index in [4.69, 9.17) is 9.47 Å². The zero-order chi connectivity index (χ0) is 15.2. The van der Waals surface area contributed by atoms with Crippen molar-refractivity contribution in [2.75, 3.05) is 19.5 Å². The van der Waals surface area contributed by atoms with E-state index in [0.717, 1.165) is 35.8 Å². The molecule has 0 radical (unpaired) electrons. The lowest BCUT2D eigenvalue weighted by molar-refractivity contribution is 0.181. The first-order chi connectivity index (χ1) is 10.2. The number of rotatable bonds is 7. The number of benzene rings is 1. The fourth-order valence-electron chi connectivity index (χ4n) is 2.26. The van der Waals surface area contributed by atoms with Crippen LogP contribution in [0.3, 0.4) is 0 Å². The molecule has 0 aliphatic rings. The lowest BCUT2D eigenvalue weighted by atomic mass is 10.1. The second-order valence-corrected chi connectivity index (χ2v) is 4.92.